The quantitative estimate of drug-likeness (QED) is 0.673. The Bertz CT molecular complexity index is 463. The smallest absolute Gasteiger partial charge is 0.251 e. The van der Waals surface area contributed by atoms with E-state index in [-0.39, 0.29) is 17.4 Å². The molecule has 1 aliphatic heterocycles. The van der Waals surface area contributed by atoms with Gasteiger partial charge >= 0.3 is 0 Å². The summed E-state index contributed by atoms with van der Waals surface area (Å²) in [5.74, 6) is 0.406. The molecule has 0 atom stereocenters. The summed E-state index contributed by atoms with van der Waals surface area (Å²) >= 11 is 0. The van der Waals surface area contributed by atoms with Crippen LogP contribution in [0.1, 0.15) is 17.4 Å². The average Bonchev–Trinajstić information content (AvgIpc) is 2.13. The minimum Gasteiger partial charge on any atom is -0.387 e. The molecular weight excluding hydrogens is 210 g/mol. The molecule has 0 radical (unpaired) electrons. The minimum absolute atomic E-state index is 0.108. The second-order valence-corrected chi connectivity index (χ2v) is 3.91. The predicted octanol–water partition coefficient (Wildman–Crippen LogP) is -1.00. The third-order valence-electron chi connectivity index (χ3n) is 2.67. The highest BCUT2D eigenvalue weighted by Gasteiger charge is 2.32. The molecule has 1 fully saturated rings. The summed E-state index contributed by atoms with van der Waals surface area (Å²) in [6, 6.07) is 1.46. The molecule has 2 rings (SSSR count). The second-order valence-electron chi connectivity index (χ2n) is 3.91. The molecule has 0 aliphatic carbocycles. The molecule has 86 valence electrons. The zero-order valence-corrected chi connectivity index (χ0v) is 8.93. The Hall–Kier alpha value is -1.69. The van der Waals surface area contributed by atoms with E-state index < -0.39 is 6.61 Å². The number of nitrogens with one attached hydrogen (secondary N) is 1. The van der Waals surface area contributed by atoms with E-state index >= 15 is 0 Å². The Morgan fingerprint density at radius 2 is 2.38 bits per heavy atom. The number of carbonyl (C=O) groups is 1. The van der Waals surface area contributed by atoms with Crippen LogP contribution in [0.4, 0.5) is 0 Å². The maximum absolute atomic E-state index is 11.2. The van der Waals surface area contributed by atoms with Crippen LogP contribution in [-0.4, -0.2) is 45.6 Å². The Labute approximate surface area is 91.9 Å². The first-order chi connectivity index (χ1) is 7.60. The normalized spacial score (nSPS) is 16.0. The molecule has 0 aromatic carbocycles. The van der Waals surface area contributed by atoms with Crippen LogP contribution in [0, 0.1) is 6.92 Å². The Balaban J connectivity index is 2.06. The molecule has 1 amide bonds. The molecule has 6 nitrogen and oxygen atoms in total. The molecular formula is C10H13N3O3. The number of hydrogen-bond donors (Lipinski definition) is 2. The molecule has 2 N–H and O–H groups in total. The molecule has 0 bridgehead atoms. The molecule has 16 heavy (non-hydrogen) atoms. The van der Waals surface area contributed by atoms with Crippen molar-refractivity contribution in [3.05, 3.63) is 27.9 Å². The van der Waals surface area contributed by atoms with Gasteiger partial charge < -0.3 is 15.0 Å². The number of rotatable bonds is 2. The number of hydrogen-bond acceptors (Lipinski definition) is 4. The minimum atomic E-state index is -0.464. The first-order valence-electron chi connectivity index (χ1n) is 5.06. The van der Waals surface area contributed by atoms with Crippen molar-refractivity contribution in [3.8, 4) is 0 Å². The third kappa shape index (κ3) is 1.96. The summed E-state index contributed by atoms with van der Waals surface area (Å²) in [7, 11) is 0. The van der Waals surface area contributed by atoms with E-state index in [4.69, 9.17) is 5.11 Å². The molecule has 1 saturated heterocycles. The van der Waals surface area contributed by atoms with Crippen molar-refractivity contribution in [1.82, 2.24) is 14.9 Å². The Morgan fingerprint density at radius 1 is 1.69 bits per heavy atom. The predicted molar refractivity (Wildman–Crippen MR) is 56.0 cm³/mol. The summed E-state index contributed by atoms with van der Waals surface area (Å²) in [4.78, 5) is 30.6. The molecule has 1 aromatic heterocycles. The van der Waals surface area contributed by atoms with Gasteiger partial charge in [-0.15, -0.1) is 0 Å². The van der Waals surface area contributed by atoms with Gasteiger partial charge in [0.05, 0.1) is 5.69 Å². The topological polar surface area (TPSA) is 86.3 Å². The van der Waals surface area contributed by atoms with Crippen LogP contribution < -0.4 is 5.56 Å². The first-order valence-corrected chi connectivity index (χ1v) is 5.06. The van der Waals surface area contributed by atoms with E-state index in [1.54, 1.807) is 11.8 Å². The standard InChI is InChI=1S/C10H13N3O3/c1-6-11-8(2-9(15)12-6)7-3-13(4-7)10(16)5-14/h2,7,14H,3-5H2,1H3,(H,11,12,15). The van der Waals surface area contributed by atoms with Gasteiger partial charge in [-0.1, -0.05) is 0 Å². The number of likely N-dealkylation sites (tertiary alicyclic amines) is 1. The number of aryl methyl sites for hydroxylation is 1. The van der Waals surface area contributed by atoms with Crippen molar-refractivity contribution in [2.45, 2.75) is 12.8 Å². The van der Waals surface area contributed by atoms with Crippen LogP contribution in [-0.2, 0) is 4.79 Å². The van der Waals surface area contributed by atoms with Gasteiger partial charge in [-0.3, -0.25) is 9.59 Å². The van der Waals surface area contributed by atoms with Crippen molar-refractivity contribution in [1.29, 1.82) is 0 Å². The fourth-order valence-corrected chi connectivity index (χ4v) is 1.78. The van der Waals surface area contributed by atoms with Crippen LogP contribution in [0.15, 0.2) is 10.9 Å². The van der Waals surface area contributed by atoms with Gasteiger partial charge in [0, 0.05) is 25.1 Å². The highest BCUT2D eigenvalue weighted by Crippen LogP contribution is 2.24. The number of aromatic amines is 1. The summed E-state index contributed by atoms with van der Waals surface area (Å²) in [5.41, 5.74) is 0.540. The fraction of sp³-hybridized carbons (Fsp3) is 0.500. The van der Waals surface area contributed by atoms with Crippen LogP contribution in [0.25, 0.3) is 0 Å². The van der Waals surface area contributed by atoms with E-state index in [1.807, 2.05) is 0 Å². The van der Waals surface area contributed by atoms with E-state index in [2.05, 4.69) is 9.97 Å². The molecule has 0 unspecified atom stereocenters. The van der Waals surface area contributed by atoms with E-state index in [0.29, 0.717) is 24.6 Å². The summed E-state index contributed by atoms with van der Waals surface area (Å²) < 4.78 is 0. The van der Waals surface area contributed by atoms with Crippen molar-refractivity contribution in [2.75, 3.05) is 19.7 Å². The Kier molecular flexibility index (Phi) is 2.74. The largest absolute Gasteiger partial charge is 0.387 e. The van der Waals surface area contributed by atoms with Crippen molar-refractivity contribution < 1.29 is 9.90 Å². The van der Waals surface area contributed by atoms with Gasteiger partial charge in [0.2, 0.25) is 5.91 Å². The first kappa shape index (κ1) is 10.8. The number of aliphatic hydroxyl groups excluding tert-OH is 1. The lowest BCUT2D eigenvalue weighted by molar-refractivity contribution is -0.138. The summed E-state index contributed by atoms with van der Waals surface area (Å²) in [5, 5.41) is 8.65. The van der Waals surface area contributed by atoms with Crippen molar-refractivity contribution in [2.24, 2.45) is 0 Å². The van der Waals surface area contributed by atoms with Gasteiger partial charge in [-0.05, 0) is 6.92 Å². The molecule has 0 saturated carbocycles. The molecule has 1 aromatic rings. The van der Waals surface area contributed by atoms with Gasteiger partial charge in [0.1, 0.15) is 12.4 Å². The van der Waals surface area contributed by atoms with Crippen molar-refractivity contribution in [3.63, 3.8) is 0 Å². The molecule has 1 aliphatic rings. The lowest BCUT2D eigenvalue weighted by atomic mass is 9.96. The maximum Gasteiger partial charge on any atom is 0.251 e. The highest BCUT2D eigenvalue weighted by atomic mass is 16.3. The number of carbonyl (C=O) groups excluding carboxylic acids is 1. The number of nitrogens with zero attached hydrogens (tertiary/aromatic N) is 2. The van der Waals surface area contributed by atoms with Crippen LogP contribution >= 0.6 is 0 Å². The zero-order chi connectivity index (χ0) is 11.7. The molecule has 2 heterocycles. The van der Waals surface area contributed by atoms with E-state index in [9.17, 15) is 9.59 Å². The van der Waals surface area contributed by atoms with E-state index in [0.717, 1.165) is 0 Å². The molecule has 6 heteroatoms. The lowest BCUT2D eigenvalue weighted by Gasteiger charge is -2.38. The second kappa shape index (κ2) is 4.05. The van der Waals surface area contributed by atoms with Crippen LogP contribution in [0.5, 0.6) is 0 Å². The number of amides is 1. The summed E-state index contributed by atoms with van der Waals surface area (Å²) in [6.45, 7) is 2.30. The Morgan fingerprint density at radius 3 is 2.94 bits per heavy atom. The lowest BCUT2D eigenvalue weighted by Crippen LogP contribution is -2.50. The van der Waals surface area contributed by atoms with Gasteiger partial charge in [0.15, 0.2) is 0 Å². The molecule has 0 spiro atoms. The van der Waals surface area contributed by atoms with Crippen molar-refractivity contribution >= 4 is 5.91 Å². The SMILES string of the molecule is Cc1nc(C2CN(C(=O)CO)C2)cc(=O)[nH]1. The average molecular weight is 223 g/mol. The number of aliphatic hydroxyl groups is 1. The monoisotopic (exact) mass is 223 g/mol. The van der Waals surface area contributed by atoms with Crippen LogP contribution in [0.3, 0.4) is 0 Å². The van der Waals surface area contributed by atoms with Gasteiger partial charge in [0.25, 0.3) is 5.56 Å². The third-order valence-corrected chi connectivity index (χ3v) is 2.67. The fourth-order valence-electron chi connectivity index (χ4n) is 1.78. The van der Waals surface area contributed by atoms with Crippen LogP contribution in [0.2, 0.25) is 0 Å². The number of aromatic nitrogens is 2. The highest BCUT2D eigenvalue weighted by molar-refractivity contribution is 5.78. The number of H-pyrrole nitrogens is 1. The van der Waals surface area contributed by atoms with Gasteiger partial charge in [-0.25, -0.2) is 4.98 Å². The zero-order valence-electron chi connectivity index (χ0n) is 8.93. The summed E-state index contributed by atoms with van der Waals surface area (Å²) in [6.07, 6.45) is 0. The van der Waals surface area contributed by atoms with Gasteiger partial charge in [-0.2, -0.15) is 0 Å². The maximum atomic E-state index is 11.2. The van der Waals surface area contributed by atoms with E-state index in [1.165, 1.54) is 6.07 Å².